The molecule has 0 aromatic rings. The molecule has 1 aliphatic rings. The van der Waals surface area contributed by atoms with Gasteiger partial charge in [-0.15, -0.1) is 0 Å². The average molecular weight is 418 g/mol. The molecular weight excluding hydrogens is 398 g/mol. The van der Waals surface area contributed by atoms with Crippen molar-refractivity contribution in [2.24, 2.45) is 0 Å². The number of carbonyl (C=O) groups excluding carboxylic acids is 2. The summed E-state index contributed by atoms with van der Waals surface area (Å²) in [4.78, 5) is 34.2. The van der Waals surface area contributed by atoms with Gasteiger partial charge in [0.05, 0.1) is 41.6 Å². The molecule has 0 spiro atoms. The number of halogens is 1. The fourth-order valence-electron chi connectivity index (χ4n) is 2.01. The summed E-state index contributed by atoms with van der Waals surface area (Å²) in [6.45, 7) is 1.89. The Hall–Kier alpha value is -0.150. The van der Waals surface area contributed by atoms with Crippen molar-refractivity contribution in [3.63, 3.8) is 0 Å². The predicted octanol–water partition coefficient (Wildman–Crippen LogP) is 0.113. The van der Waals surface area contributed by atoms with Gasteiger partial charge in [-0.25, -0.2) is 0 Å². The van der Waals surface area contributed by atoms with Gasteiger partial charge in [-0.2, -0.15) is 0 Å². The van der Waals surface area contributed by atoms with E-state index in [9.17, 15) is 19.6 Å². The lowest BCUT2D eigenvalue weighted by Crippen LogP contribution is -2.38. The van der Waals surface area contributed by atoms with E-state index in [1.165, 1.54) is 11.6 Å². The standard InChI is InChI=1S/C11H20IN2O5P/c1-20(2,18)19-7-8-5-9(15)6-14(8)11(17)4-3-10(16)13-12/h8-9,15,18H,1,3-7H2,2H3,(H,13,16). The third-order valence-electron chi connectivity index (χ3n) is 2.93. The van der Waals surface area contributed by atoms with E-state index in [0.29, 0.717) is 6.42 Å². The van der Waals surface area contributed by atoms with E-state index in [1.807, 2.05) is 0 Å². The van der Waals surface area contributed by atoms with Crippen LogP contribution in [0.3, 0.4) is 0 Å². The maximum absolute atomic E-state index is 12.1. The van der Waals surface area contributed by atoms with Crippen molar-refractivity contribution in [2.45, 2.75) is 31.4 Å². The van der Waals surface area contributed by atoms with Crippen molar-refractivity contribution >= 4 is 48.3 Å². The molecule has 3 atom stereocenters. The van der Waals surface area contributed by atoms with E-state index < -0.39 is 13.4 Å². The van der Waals surface area contributed by atoms with Gasteiger partial charge in [-0.3, -0.25) is 13.1 Å². The lowest BCUT2D eigenvalue weighted by molar-refractivity contribution is -0.134. The lowest BCUT2D eigenvalue weighted by atomic mass is 10.2. The molecule has 1 fully saturated rings. The highest BCUT2D eigenvalue weighted by Gasteiger charge is 2.34. The van der Waals surface area contributed by atoms with E-state index in [4.69, 9.17) is 4.52 Å². The van der Waals surface area contributed by atoms with Gasteiger partial charge >= 0.3 is 0 Å². The first kappa shape index (κ1) is 17.9. The Morgan fingerprint density at radius 1 is 1.55 bits per heavy atom. The Kier molecular flexibility index (Phi) is 6.93. The summed E-state index contributed by atoms with van der Waals surface area (Å²) in [6, 6.07) is -0.284. The highest BCUT2D eigenvalue weighted by Crippen LogP contribution is 2.37. The Morgan fingerprint density at radius 3 is 2.75 bits per heavy atom. The smallest absolute Gasteiger partial charge is 0.229 e. The molecule has 0 radical (unpaired) electrons. The van der Waals surface area contributed by atoms with Crippen molar-refractivity contribution in [1.29, 1.82) is 0 Å². The molecule has 116 valence electrons. The number of aliphatic hydroxyl groups is 1. The zero-order valence-corrected chi connectivity index (χ0v) is 14.3. The molecule has 0 saturated carbocycles. The number of amides is 2. The molecule has 1 saturated heterocycles. The van der Waals surface area contributed by atoms with Crippen LogP contribution in [0.5, 0.6) is 0 Å². The highest BCUT2D eigenvalue weighted by molar-refractivity contribution is 14.1. The topological polar surface area (TPSA) is 99.1 Å². The zero-order chi connectivity index (χ0) is 15.3. The van der Waals surface area contributed by atoms with E-state index in [2.05, 4.69) is 9.83 Å². The zero-order valence-electron chi connectivity index (χ0n) is 11.3. The molecule has 3 N–H and O–H groups in total. The van der Waals surface area contributed by atoms with Crippen LogP contribution in [0.4, 0.5) is 0 Å². The number of aliphatic hydroxyl groups excluding tert-OH is 1. The molecule has 1 aliphatic heterocycles. The molecule has 0 bridgehead atoms. The average Bonchev–Trinajstić information content (AvgIpc) is 2.73. The van der Waals surface area contributed by atoms with E-state index in [-0.39, 0.29) is 43.8 Å². The highest BCUT2D eigenvalue weighted by atomic mass is 127. The summed E-state index contributed by atoms with van der Waals surface area (Å²) >= 11 is 1.72. The molecule has 0 aliphatic carbocycles. The van der Waals surface area contributed by atoms with E-state index in [1.54, 1.807) is 22.9 Å². The lowest BCUT2D eigenvalue weighted by Gasteiger charge is -2.25. The number of nitrogens with zero attached hydrogens (tertiary/aromatic N) is 1. The van der Waals surface area contributed by atoms with Crippen LogP contribution >= 0.6 is 30.2 Å². The number of likely N-dealkylation sites (tertiary alicyclic amines) is 1. The summed E-state index contributed by atoms with van der Waals surface area (Å²) in [5.41, 5.74) is 0. The first-order valence-electron chi connectivity index (χ1n) is 6.18. The molecule has 0 aromatic carbocycles. The summed E-state index contributed by atoms with van der Waals surface area (Å²) in [5, 5.41) is 9.67. The molecule has 1 rings (SSSR count). The second-order valence-electron chi connectivity index (χ2n) is 4.95. The SMILES string of the molecule is C=P(C)(O)OCC1CC(O)CN1C(=O)CCC(=O)NI. The number of rotatable bonds is 6. The summed E-state index contributed by atoms with van der Waals surface area (Å²) in [6.07, 6.45) is 3.53. The molecule has 1 heterocycles. The van der Waals surface area contributed by atoms with Crippen LogP contribution in [-0.4, -0.2) is 65.0 Å². The Balaban J connectivity index is 2.54. The van der Waals surface area contributed by atoms with Gasteiger partial charge in [-0.05, 0) is 6.42 Å². The monoisotopic (exact) mass is 418 g/mol. The molecule has 2 amide bonds. The molecular formula is C11H20IN2O5P. The Morgan fingerprint density at radius 2 is 2.20 bits per heavy atom. The van der Waals surface area contributed by atoms with E-state index in [0.717, 1.165) is 0 Å². The predicted molar refractivity (Wildman–Crippen MR) is 85.7 cm³/mol. The van der Waals surface area contributed by atoms with Crippen LogP contribution < -0.4 is 3.53 Å². The fourth-order valence-corrected chi connectivity index (χ4v) is 2.78. The largest absolute Gasteiger partial charge is 0.391 e. The van der Waals surface area contributed by atoms with Gasteiger partial charge in [-0.1, -0.05) is 6.30 Å². The minimum absolute atomic E-state index is 0.0912. The van der Waals surface area contributed by atoms with Gasteiger partial charge in [0.25, 0.3) is 0 Å². The third kappa shape index (κ3) is 6.09. The van der Waals surface area contributed by atoms with Crippen molar-refractivity contribution in [1.82, 2.24) is 8.43 Å². The van der Waals surface area contributed by atoms with Crippen LogP contribution in [0.15, 0.2) is 0 Å². The van der Waals surface area contributed by atoms with Crippen molar-refractivity contribution < 1.29 is 24.1 Å². The molecule has 7 nitrogen and oxygen atoms in total. The number of hydrogen-bond donors (Lipinski definition) is 3. The fraction of sp³-hybridized carbons (Fsp3) is 0.727. The second-order valence-corrected chi connectivity index (χ2v) is 7.85. The third-order valence-corrected chi connectivity index (χ3v) is 4.24. The van der Waals surface area contributed by atoms with Crippen LogP contribution in [0.2, 0.25) is 0 Å². The summed E-state index contributed by atoms with van der Waals surface area (Å²) in [5.74, 6) is -0.407. The summed E-state index contributed by atoms with van der Waals surface area (Å²) < 4.78 is 7.68. The normalized spacial score (nSPS) is 25.3. The molecule has 9 heteroatoms. The molecule has 20 heavy (non-hydrogen) atoms. The number of carbonyl (C=O) groups is 2. The number of hydrogen-bond acceptors (Lipinski definition) is 5. The maximum atomic E-state index is 12.1. The van der Waals surface area contributed by atoms with Crippen molar-refractivity contribution in [3.8, 4) is 0 Å². The number of nitrogens with one attached hydrogen (secondary N) is 1. The minimum atomic E-state index is -2.62. The van der Waals surface area contributed by atoms with Crippen LogP contribution in [-0.2, 0) is 14.1 Å². The van der Waals surface area contributed by atoms with Gasteiger partial charge in [0.15, 0.2) is 0 Å². The van der Waals surface area contributed by atoms with Gasteiger partial charge in [0.2, 0.25) is 11.8 Å². The Bertz CT molecular complexity index is 414. The maximum Gasteiger partial charge on any atom is 0.229 e. The van der Waals surface area contributed by atoms with Crippen molar-refractivity contribution in [2.75, 3.05) is 19.8 Å². The Labute approximate surface area is 132 Å². The molecule has 3 unspecified atom stereocenters. The van der Waals surface area contributed by atoms with Gasteiger partial charge in [0, 0.05) is 26.1 Å². The minimum Gasteiger partial charge on any atom is -0.391 e. The summed E-state index contributed by atoms with van der Waals surface area (Å²) in [7, 11) is -2.62. The van der Waals surface area contributed by atoms with Crippen LogP contribution in [0.25, 0.3) is 0 Å². The second kappa shape index (κ2) is 7.74. The van der Waals surface area contributed by atoms with Crippen LogP contribution in [0.1, 0.15) is 19.3 Å². The van der Waals surface area contributed by atoms with Crippen molar-refractivity contribution in [3.05, 3.63) is 0 Å². The van der Waals surface area contributed by atoms with Gasteiger partial charge < -0.3 is 19.4 Å². The van der Waals surface area contributed by atoms with E-state index >= 15 is 0 Å². The first-order valence-corrected chi connectivity index (χ1v) is 9.55. The number of β-amino-alcohol motifs (C(OH)–C–C–N with tert-alkyl or cyclic N) is 1. The van der Waals surface area contributed by atoms with Gasteiger partial charge in [0.1, 0.15) is 7.34 Å². The molecule has 0 aromatic heterocycles. The first-order chi connectivity index (χ1) is 9.23. The van der Waals surface area contributed by atoms with Crippen LogP contribution in [0, 0.1) is 0 Å². The quantitative estimate of drug-likeness (QED) is 0.323.